The van der Waals surface area contributed by atoms with Gasteiger partial charge in [-0.1, -0.05) is 39.2 Å². The second kappa shape index (κ2) is 15.7. The van der Waals surface area contributed by atoms with Crippen molar-refractivity contribution >= 4 is 12.6 Å². The standard InChI is InChI=1S/C5H12.C3H6S/c1-3-5-4-2;1-2-3-4/h3-5H2,1-2H3;2,4H,1,3H2. The SMILES string of the molecule is C=CCS.CCCCC. The predicted octanol–water partition coefficient (Wildman–Crippen LogP) is 3.30. The Morgan fingerprint density at radius 2 is 1.67 bits per heavy atom. The maximum atomic E-state index is 3.80. The van der Waals surface area contributed by atoms with E-state index in [4.69, 9.17) is 0 Å². The van der Waals surface area contributed by atoms with E-state index in [1.165, 1.54) is 19.3 Å². The quantitative estimate of drug-likeness (QED) is 0.458. The van der Waals surface area contributed by atoms with E-state index in [9.17, 15) is 0 Å². The lowest BCUT2D eigenvalue weighted by Crippen LogP contribution is -1.59. The summed E-state index contributed by atoms with van der Waals surface area (Å²) in [5.41, 5.74) is 0. The van der Waals surface area contributed by atoms with E-state index in [1.807, 2.05) is 0 Å². The number of unbranched alkanes of at least 4 members (excludes halogenated alkanes) is 2. The first-order chi connectivity index (χ1) is 4.33. The van der Waals surface area contributed by atoms with Gasteiger partial charge in [0.2, 0.25) is 0 Å². The smallest absolute Gasteiger partial charge is 0.00799 e. The zero-order valence-corrected chi connectivity index (χ0v) is 7.45. The lowest BCUT2D eigenvalue weighted by atomic mass is 10.3. The molecule has 0 bridgehead atoms. The molecule has 0 heterocycles. The molecule has 0 saturated heterocycles. The van der Waals surface area contributed by atoms with Gasteiger partial charge >= 0.3 is 0 Å². The lowest BCUT2D eigenvalue weighted by molar-refractivity contribution is 0.772. The van der Waals surface area contributed by atoms with Gasteiger partial charge in [-0.05, 0) is 0 Å². The molecule has 0 aromatic rings. The molecule has 0 rings (SSSR count). The third-order valence-corrected chi connectivity index (χ3v) is 1.09. The van der Waals surface area contributed by atoms with Crippen molar-refractivity contribution in [2.45, 2.75) is 33.1 Å². The van der Waals surface area contributed by atoms with Crippen molar-refractivity contribution in [3.05, 3.63) is 12.7 Å². The summed E-state index contributed by atoms with van der Waals surface area (Å²) in [4.78, 5) is 0. The van der Waals surface area contributed by atoms with Crippen molar-refractivity contribution < 1.29 is 0 Å². The number of rotatable bonds is 3. The van der Waals surface area contributed by atoms with Crippen LogP contribution >= 0.6 is 12.6 Å². The van der Waals surface area contributed by atoms with Gasteiger partial charge < -0.3 is 0 Å². The molecule has 9 heavy (non-hydrogen) atoms. The highest BCUT2D eigenvalue weighted by atomic mass is 32.1. The molecule has 0 aromatic carbocycles. The highest BCUT2D eigenvalue weighted by Crippen LogP contribution is 1.88. The summed E-state index contributed by atoms with van der Waals surface area (Å²) in [6.07, 6.45) is 5.82. The fraction of sp³-hybridized carbons (Fsp3) is 0.750. The van der Waals surface area contributed by atoms with E-state index in [1.54, 1.807) is 6.08 Å². The molecule has 0 amide bonds. The third-order valence-electron chi connectivity index (χ3n) is 0.836. The van der Waals surface area contributed by atoms with Gasteiger partial charge in [-0.3, -0.25) is 0 Å². The molecule has 1 heteroatoms. The molecule has 0 saturated carbocycles. The van der Waals surface area contributed by atoms with E-state index in [2.05, 4.69) is 33.1 Å². The molecule has 0 unspecified atom stereocenters. The summed E-state index contributed by atoms with van der Waals surface area (Å²) in [5.74, 6) is 0.778. The molecule has 0 radical (unpaired) electrons. The highest BCUT2D eigenvalue weighted by Gasteiger charge is 1.68. The van der Waals surface area contributed by atoms with Crippen LogP contribution in [0.2, 0.25) is 0 Å². The van der Waals surface area contributed by atoms with Gasteiger partial charge in [0.05, 0.1) is 0 Å². The summed E-state index contributed by atoms with van der Waals surface area (Å²) < 4.78 is 0. The van der Waals surface area contributed by atoms with Gasteiger partial charge in [0.15, 0.2) is 0 Å². The van der Waals surface area contributed by atoms with E-state index >= 15 is 0 Å². The van der Waals surface area contributed by atoms with Crippen molar-refractivity contribution in [1.29, 1.82) is 0 Å². The van der Waals surface area contributed by atoms with E-state index in [0.717, 1.165) is 5.75 Å². The summed E-state index contributed by atoms with van der Waals surface area (Å²) >= 11 is 3.80. The van der Waals surface area contributed by atoms with Gasteiger partial charge in [-0.15, -0.1) is 6.58 Å². The van der Waals surface area contributed by atoms with Crippen LogP contribution in [0.25, 0.3) is 0 Å². The highest BCUT2D eigenvalue weighted by molar-refractivity contribution is 7.80. The Morgan fingerprint density at radius 3 is 1.67 bits per heavy atom. The Kier molecular flexibility index (Phi) is 20.6. The molecule has 56 valence electrons. The maximum Gasteiger partial charge on any atom is 0.00799 e. The normalized spacial score (nSPS) is 7.44. The molecule has 0 fully saturated rings. The minimum atomic E-state index is 0.778. The van der Waals surface area contributed by atoms with Gasteiger partial charge in [-0.2, -0.15) is 12.6 Å². The topological polar surface area (TPSA) is 0 Å². The van der Waals surface area contributed by atoms with Crippen LogP contribution in [0.3, 0.4) is 0 Å². The van der Waals surface area contributed by atoms with Crippen LogP contribution in [0.4, 0.5) is 0 Å². The van der Waals surface area contributed by atoms with E-state index in [-0.39, 0.29) is 0 Å². The first-order valence-corrected chi connectivity index (χ1v) is 4.18. The third kappa shape index (κ3) is 31.4. The second-order valence-electron chi connectivity index (χ2n) is 1.82. The zero-order valence-electron chi connectivity index (χ0n) is 6.56. The zero-order chi connectivity index (χ0) is 7.54. The molecule has 0 aliphatic carbocycles. The molecule has 0 nitrogen and oxygen atoms in total. The van der Waals surface area contributed by atoms with E-state index < -0.39 is 0 Å². The van der Waals surface area contributed by atoms with Crippen molar-refractivity contribution in [3.8, 4) is 0 Å². The summed E-state index contributed by atoms with van der Waals surface area (Å²) in [6, 6.07) is 0. The number of hydrogen-bond acceptors (Lipinski definition) is 1. The Hall–Kier alpha value is 0.0900. The number of hydrogen-bond donors (Lipinski definition) is 1. The first kappa shape index (κ1) is 11.8. The maximum absolute atomic E-state index is 3.80. The summed E-state index contributed by atoms with van der Waals surface area (Å²) in [7, 11) is 0. The molecular formula is C8H18S. The number of thiol groups is 1. The molecule has 0 aliphatic rings. The fourth-order valence-corrected chi connectivity index (χ4v) is 0.354. The fourth-order valence-electron chi connectivity index (χ4n) is 0.354. The van der Waals surface area contributed by atoms with Crippen LogP contribution in [-0.2, 0) is 0 Å². The lowest BCUT2D eigenvalue weighted by Gasteiger charge is -1.79. The minimum absolute atomic E-state index is 0.778. The summed E-state index contributed by atoms with van der Waals surface area (Å²) in [6.45, 7) is 7.83. The van der Waals surface area contributed by atoms with Crippen molar-refractivity contribution in [1.82, 2.24) is 0 Å². The molecule has 0 N–H and O–H groups in total. The predicted molar refractivity (Wildman–Crippen MR) is 49.2 cm³/mol. The molecule has 0 aliphatic heterocycles. The Bertz CT molecular complexity index is 39.8. The first-order valence-electron chi connectivity index (χ1n) is 3.55. The van der Waals surface area contributed by atoms with Crippen LogP contribution < -0.4 is 0 Å². The van der Waals surface area contributed by atoms with Gasteiger partial charge in [0, 0.05) is 5.75 Å². The van der Waals surface area contributed by atoms with E-state index in [0.29, 0.717) is 0 Å². The van der Waals surface area contributed by atoms with Crippen LogP contribution in [-0.4, -0.2) is 5.75 Å². The molecule has 0 spiro atoms. The van der Waals surface area contributed by atoms with Crippen LogP contribution in [0, 0.1) is 0 Å². The Morgan fingerprint density at radius 1 is 1.33 bits per heavy atom. The molecule has 0 atom stereocenters. The van der Waals surface area contributed by atoms with Crippen LogP contribution in [0.5, 0.6) is 0 Å². The van der Waals surface area contributed by atoms with Crippen molar-refractivity contribution in [3.63, 3.8) is 0 Å². The van der Waals surface area contributed by atoms with Gasteiger partial charge in [-0.25, -0.2) is 0 Å². The molecule has 0 aromatic heterocycles. The second-order valence-corrected chi connectivity index (χ2v) is 2.19. The largest absolute Gasteiger partial charge is 0.175 e. The van der Waals surface area contributed by atoms with Crippen LogP contribution in [0.1, 0.15) is 33.1 Å². The van der Waals surface area contributed by atoms with Gasteiger partial charge in [0.25, 0.3) is 0 Å². The Labute approximate surface area is 64.8 Å². The molecular weight excluding hydrogens is 128 g/mol. The van der Waals surface area contributed by atoms with Crippen LogP contribution in [0.15, 0.2) is 12.7 Å². The average Bonchev–Trinajstić information content (AvgIpc) is 1.91. The van der Waals surface area contributed by atoms with Crippen molar-refractivity contribution in [2.24, 2.45) is 0 Å². The average molecular weight is 146 g/mol. The van der Waals surface area contributed by atoms with Gasteiger partial charge in [0.1, 0.15) is 0 Å². The van der Waals surface area contributed by atoms with Crippen molar-refractivity contribution in [2.75, 3.05) is 5.75 Å². The minimum Gasteiger partial charge on any atom is -0.175 e. The Balaban J connectivity index is 0. The summed E-state index contributed by atoms with van der Waals surface area (Å²) in [5, 5.41) is 0. The monoisotopic (exact) mass is 146 g/mol.